The normalized spacial score (nSPS) is 20.3. The van der Waals surface area contributed by atoms with Gasteiger partial charge in [0.05, 0.1) is 12.2 Å². The van der Waals surface area contributed by atoms with Gasteiger partial charge in [-0.25, -0.2) is 0 Å². The second-order valence-electron chi connectivity index (χ2n) is 10.8. The molecule has 2 aromatic rings. The fourth-order valence-corrected chi connectivity index (χ4v) is 5.19. The number of likely N-dealkylation sites (N-methyl/N-ethyl adjacent to an activating group) is 2. The second-order valence-corrected chi connectivity index (χ2v) is 11.2. The minimum atomic E-state index is -0.691. The molecule has 4 rings (SSSR count). The standard InChI is InChI=1S/C31H40ClN3O4/c1-33-16-6-7-17-35(29(36)21-24-12-13-24)18-8-9-19-39-28-15-14-25(32)22-26(28)30(37)34(2)27(31(33)38)20-23-10-4-3-5-11-23/h3-5,10-11,14-15,22,24,27H,6-9,12-13,16-21H2,1-2H3/t27-/m0/s1. The summed E-state index contributed by atoms with van der Waals surface area (Å²) in [6.07, 6.45) is 6.54. The highest BCUT2D eigenvalue weighted by atomic mass is 35.5. The zero-order valence-electron chi connectivity index (χ0n) is 23.1. The van der Waals surface area contributed by atoms with Gasteiger partial charge in [0, 0.05) is 51.6 Å². The Bertz CT molecular complexity index is 1140. The largest absolute Gasteiger partial charge is 0.493 e. The molecule has 0 aromatic heterocycles. The Kier molecular flexibility index (Phi) is 10.3. The van der Waals surface area contributed by atoms with Crippen LogP contribution < -0.4 is 4.74 Å². The molecule has 39 heavy (non-hydrogen) atoms. The molecule has 7 nitrogen and oxygen atoms in total. The summed E-state index contributed by atoms with van der Waals surface area (Å²) in [5.41, 5.74) is 1.31. The molecular formula is C31H40ClN3O4. The highest BCUT2D eigenvalue weighted by Gasteiger charge is 2.32. The number of halogens is 1. The summed E-state index contributed by atoms with van der Waals surface area (Å²) >= 11 is 6.29. The van der Waals surface area contributed by atoms with E-state index in [0.717, 1.165) is 44.1 Å². The van der Waals surface area contributed by atoms with Gasteiger partial charge in [0.15, 0.2) is 0 Å². The first-order valence-corrected chi connectivity index (χ1v) is 14.5. The number of benzene rings is 2. The van der Waals surface area contributed by atoms with Gasteiger partial charge in [-0.2, -0.15) is 0 Å². The van der Waals surface area contributed by atoms with E-state index < -0.39 is 6.04 Å². The lowest BCUT2D eigenvalue weighted by molar-refractivity contribution is -0.135. The third-order valence-electron chi connectivity index (χ3n) is 7.66. The maximum Gasteiger partial charge on any atom is 0.258 e. The zero-order chi connectivity index (χ0) is 27.8. The van der Waals surface area contributed by atoms with Crippen LogP contribution in [0.2, 0.25) is 5.02 Å². The molecular weight excluding hydrogens is 514 g/mol. The van der Waals surface area contributed by atoms with Crippen molar-refractivity contribution in [2.45, 2.75) is 57.4 Å². The average Bonchev–Trinajstić information content (AvgIpc) is 3.76. The summed E-state index contributed by atoms with van der Waals surface area (Å²) in [6, 6.07) is 14.1. The summed E-state index contributed by atoms with van der Waals surface area (Å²) in [5.74, 6) is 0.798. The SMILES string of the molecule is CN1CCCCN(C(=O)CC2CC2)CCCCOc2ccc(Cl)cc2C(=O)N(C)[C@@H](Cc2ccccc2)C1=O. The molecule has 0 saturated heterocycles. The van der Waals surface area contributed by atoms with E-state index in [1.807, 2.05) is 35.2 Å². The highest BCUT2D eigenvalue weighted by molar-refractivity contribution is 6.31. The molecule has 1 heterocycles. The van der Waals surface area contributed by atoms with E-state index >= 15 is 0 Å². The van der Waals surface area contributed by atoms with Gasteiger partial charge >= 0.3 is 0 Å². The summed E-state index contributed by atoms with van der Waals surface area (Å²) < 4.78 is 6.05. The quantitative estimate of drug-likeness (QED) is 0.530. The van der Waals surface area contributed by atoms with E-state index in [-0.39, 0.29) is 17.7 Å². The fraction of sp³-hybridized carbons (Fsp3) is 0.516. The lowest BCUT2D eigenvalue weighted by Gasteiger charge is -2.31. The minimum Gasteiger partial charge on any atom is -0.493 e. The zero-order valence-corrected chi connectivity index (χ0v) is 23.9. The predicted octanol–water partition coefficient (Wildman–Crippen LogP) is 5.06. The molecule has 0 spiro atoms. The van der Waals surface area contributed by atoms with E-state index in [2.05, 4.69) is 0 Å². The van der Waals surface area contributed by atoms with Crippen molar-refractivity contribution >= 4 is 29.3 Å². The Morgan fingerprint density at radius 1 is 0.949 bits per heavy atom. The number of hydrogen-bond acceptors (Lipinski definition) is 4. The van der Waals surface area contributed by atoms with Crippen LogP contribution >= 0.6 is 11.6 Å². The van der Waals surface area contributed by atoms with Crippen LogP contribution in [-0.4, -0.2) is 78.8 Å². The Morgan fingerprint density at radius 2 is 1.64 bits per heavy atom. The van der Waals surface area contributed by atoms with E-state index in [0.29, 0.717) is 61.3 Å². The van der Waals surface area contributed by atoms with Crippen LogP contribution in [0.1, 0.15) is 60.9 Å². The Hall–Kier alpha value is -3.06. The van der Waals surface area contributed by atoms with E-state index in [9.17, 15) is 14.4 Å². The number of carbonyl (C=O) groups is 3. The van der Waals surface area contributed by atoms with Crippen molar-refractivity contribution in [1.82, 2.24) is 14.7 Å². The van der Waals surface area contributed by atoms with Crippen molar-refractivity contribution in [3.8, 4) is 5.75 Å². The first-order valence-electron chi connectivity index (χ1n) is 14.1. The topological polar surface area (TPSA) is 70.2 Å². The number of ether oxygens (including phenoxy) is 1. The molecule has 0 unspecified atom stereocenters. The third-order valence-corrected chi connectivity index (χ3v) is 7.89. The van der Waals surface area contributed by atoms with Crippen LogP contribution in [-0.2, 0) is 16.0 Å². The van der Waals surface area contributed by atoms with Gasteiger partial charge in [-0.3, -0.25) is 14.4 Å². The van der Waals surface area contributed by atoms with Gasteiger partial charge in [0.25, 0.3) is 5.91 Å². The summed E-state index contributed by atoms with van der Waals surface area (Å²) in [6.45, 7) is 2.37. The van der Waals surface area contributed by atoms with Crippen molar-refractivity contribution in [3.05, 3.63) is 64.7 Å². The molecule has 210 valence electrons. The number of fused-ring (bicyclic) bond motifs is 1. The van der Waals surface area contributed by atoms with Crippen molar-refractivity contribution < 1.29 is 19.1 Å². The van der Waals surface area contributed by atoms with Crippen LogP contribution in [0.3, 0.4) is 0 Å². The first-order chi connectivity index (χ1) is 18.8. The molecule has 0 bridgehead atoms. The Balaban J connectivity index is 1.58. The molecule has 3 amide bonds. The molecule has 0 N–H and O–H groups in total. The fourth-order valence-electron chi connectivity index (χ4n) is 5.02. The average molecular weight is 554 g/mol. The monoisotopic (exact) mass is 553 g/mol. The number of hydrogen-bond donors (Lipinski definition) is 0. The Labute approximate surface area is 237 Å². The van der Waals surface area contributed by atoms with Crippen LogP contribution in [0.4, 0.5) is 0 Å². The summed E-state index contributed by atoms with van der Waals surface area (Å²) in [4.78, 5) is 45.6. The lowest BCUT2D eigenvalue weighted by atomic mass is 10.0. The predicted molar refractivity (Wildman–Crippen MR) is 153 cm³/mol. The van der Waals surface area contributed by atoms with Crippen LogP contribution in [0.5, 0.6) is 5.75 Å². The lowest BCUT2D eigenvalue weighted by Crippen LogP contribution is -2.49. The molecule has 2 aromatic carbocycles. The van der Waals surface area contributed by atoms with Crippen LogP contribution in [0, 0.1) is 5.92 Å². The first kappa shape index (κ1) is 28.9. The minimum absolute atomic E-state index is 0.120. The maximum absolute atomic E-state index is 13.8. The molecule has 1 saturated carbocycles. The smallest absolute Gasteiger partial charge is 0.258 e. The van der Waals surface area contributed by atoms with Gasteiger partial charge in [-0.1, -0.05) is 41.9 Å². The number of carbonyl (C=O) groups excluding carboxylic acids is 3. The van der Waals surface area contributed by atoms with Crippen molar-refractivity contribution in [2.75, 3.05) is 40.3 Å². The maximum atomic E-state index is 13.8. The summed E-state index contributed by atoms with van der Waals surface area (Å²) in [7, 11) is 3.46. The molecule has 1 fully saturated rings. The van der Waals surface area contributed by atoms with Crippen molar-refractivity contribution in [2.24, 2.45) is 5.92 Å². The number of rotatable bonds is 4. The van der Waals surface area contributed by atoms with Crippen molar-refractivity contribution in [3.63, 3.8) is 0 Å². The highest BCUT2D eigenvalue weighted by Crippen LogP contribution is 2.33. The van der Waals surface area contributed by atoms with Crippen LogP contribution in [0.25, 0.3) is 0 Å². The molecule has 8 heteroatoms. The van der Waals surface area contributed by atoms with Gasteiger partial charge in [0.1, 0.15) is 11.8 Å². The van der Waals surface area contributed by atoms with Gasteiger partial charge in [-0.15, -0.1) is 0 Å². The Morgan fingerprint density at radius 3 is 2.36 bits per heavy atom. The molecule has 2 aliphatic rings. The van der Waals surface area contributed by atoms with Gasteiger partial charge in [-0.05, 0) is 68.2 Å². The molecule has 0 radical (unpaired) electrons. The van der Waals surface area contributed by atoms with Gasteiger partial charge < -0.3 is 19.4 Å². The third kappa shape index (κ3) is 8.21. The van der Waals surface area contributed by atoms with E-state index in [4.69, 9.17) is 16.3 Å². The second kappa shape index (κ2) is 13.8. The summed E-state index contributed by atoms with van der Waals surface area (Å²) in [5, 5.41) is 0.429. The van der Waals surface area contributed by atoms with Gasteiger partial charge in [0.2, 0.25) is 11.8 Å². The van der Waals surface area contributed by atoms with Crippen molar-refractivity contribution in [1.29, 1.82) is 0 Å². The molecule has 1 aliphatic heterocycles. The number of nitrogens with zero attached hydrogens (tertiary/aromatic N) is 3. The molecule has 1 atom stereocenters. The van der Waals surface area contributed by atoms with Crippen LogP contribution in [0.15, 0.2) is 48.5 Å². The van der Waals surface area contributed by atoms with E-state index in [1.54, 1.807) is 37.2 Å². The molecule has 1 aliphatic carbocycles. The van der Waals surface area contributed by atoms with E-state index in [1.165, 1.54) is 4.90 Å². The number of amides is 3.